The van der Waals surface area contributed by atoms with Crippen LogP contribution < -0.4 is 10.2 Å². The van der Waals surface area contributed by atoms with Crippen molar-refractivity contribution in [3.05, 3.63) is 58.1 Å². The van der Waals surface area contributed by atoms with Gasteiger partial charge in [-0.25, -0.2) is 0 Å². The van der Waals surface area contributed by atoms with Crippen LogP contribution >= 0.6 is 0 Å². The van der Waals surface area contributed by atoms with E-state index in [1.54, 1.807) is 19.2 Å². The minimum atomic E-state index is -0.0574. The van der Waals surface area contributed by atoms with Crippen molar-refractivity contribution in [3.8, 4) is 17.0 Å². The fourth-order valence-corrected chi connectivity index (χ4v) is 2.65. The quantitative estimate of drug-likeness (QED) is 0.736. The predicted molar refractivity (Wildman–Crippen MR) is 86.4 cm³/mol. The first-order chi connectivity index (χ1) is 10.6. The fourth-order valence-electron chi connectivity index (χ4n) is 2.65. The summed E-state index contributed by atoms with van der Waals surface area (Å²) in [6.07, 6.45) is 1.67. The van der Waals surface area contributed by atoms with Gasteiger partial charge < -0.3 is 9.15 Å². The standard InChI is InChI=1S/C18H17NO3/c1-4-21-13-9-11(2)16-15(10-13)22-12(3)17(18(16)20)14-7-5-6-8-19-14/h5-10H,4H2,1-3H3. The van der Waals surface area contributed by atoms with Gasteiger partial charge in [-0.1, -0.05) is 6.07 Å². The highest BCUT2D eigenvalue weighted by Gasteiger charge is 2.16. The van der Waals surface area contributed by atoms with E-state index < -0.39 is 0 Å². The van der Waals surface area contributed by atoms with Crippen LogP contribution in [0.4, 0.5) is 0 Å². The highest BCUT2D eigenvalue weighted by atomic mass is 16.5. The molecule has 3 aromatic rings. The Morgan fingerprint density at radius 1 is 1.23 bits per heavy atom. The lowest BCUT2D eigenvalue weighted by atomic mass is 10.0. The molecular formula is C18H17NO3. The van der Waals surface area contributed by atoms with Gasteiger partial charge >= 0.3 is 0 Å². The molecule has 2 aromatic heterocycles. The number of aromatic nitrogens is 1. The zero-order valence-corrected chi connectivity index (χ0v) is 12.8. The van der Waals surface area contributed by atoms with Gasteiger partial charge in [-0.15, -0.1) is 0 Å². The van der Waals surface area contributed by atoms with Crippen molar-refractivity contribution in [2.24, 2.45) is 0 Å². The van der Waals surface area contributed by atoms with E-state index in [-0.39, 0.29) is 5.43 Å². The average Bonchev–Trinajstić information content (AvgIpc) is 2.47. The Morgan fingerprint density at radius 3 is 2.73 bits per heavy atom. The van der Waals surface area contributed by atoms with E-state index in [4.69, 9.17) is 9.15 Å². The zero-order valence-electron chi connectivity index (χ0n) is 12.8. The smallest absolute Gasteiger partial charge is 0.202 e. The Labute approximate surface area is 128 Å². The van der Waals surface area contributed by atoms with Crippen LogP contribution in [0.1, 0.15) is 18.2 Å². The van der Waals surface area contributed by atoms with Crippen molar-refractivity contribution < 1.29 is 9.15 Å². The van der Waals surface area contributed by atoms with Crippen LogP contribution in [0.2, 0.25) is 0 Å². The van der Waals surface area contributed by atoms with Crippen LogP contribution in [0.5, 0.6) is 5.75 Å². The van der Waals surface area contributed by atoms with Gasteiger partial charge in [0.25, 0.3) is 0 Å². The molecule has 0 aliphatic heterocycles. The maximum atomic E-state index is 12.9. The van der Waals surface area contributed by atoms with Gasteiger partial charge in [-0.05, 0) is 44.5 Å². The number of rotatable bonds is 3. The third-order valence-corrected chi connectivity index (χ3v) is 3.57. The Morgan fingerprint density at radius 2 is 2.05 bits per heavy atom. The third-order valence-electron chi connectivity index (χ3n) is 3.57. The predicted octanol–water partition coefficient (Wildman–Crippen LogP) is 3.87. The molecule has 0 aliphatic carbocycles. The van der Waals surface area contributed by atoms with E-state index in [1.807, 2.05) is 38.1 Å². The van der Waals surface area contributed by atoms with Gasteiger partial charge in [0.2, 0.25) is 5.43 Å². The summed E-state index contributed by atoms with van der Waals surface area (Å²) in [6.45, 7) is 6.16. The number of hydrogen-bond acceptors (Lipinski definition) is 4. The van der Waals surface area contributed by atoms with E-state index in [0.29, 0.717) is 40.3 Å². The average molecular weight is 295 g/mol. The van der Waals surface area contributed by atoms with Crippen molar-refractivity contribution in [2.45, 2.75) is 20.8 Å². The molecule has 0 atom stereocenters. The second-order valence-corrected chi connectivity index (χ2v) is 5.12. The largest absolute Gasteiger partial charge is 0.494 e. The number of benzene rings is 1. The lowest BCUT2D eigenvalue weighted by molar-refractivity contribution is 0.340. The molecule has 1 aromatic carbocycles. The lowest BCUT2D eigenvalue weighted by Crippen LogP contribution is -2.10. The topological polar surface area (TPSA) is 52.3 Å². The molecule has 0 radical (unpaired) electrons. The number of pyridine rings is 1. The van der Waals surface area contributed by atoms with Gasteiger partial charge in [0.05, 0.1) is 23.3 Å². The molecule has 0 amide bonds. The van der Waals surface area contributed by atoms with Crippen LogP contribution in [0, 0.1) is 13.8 Å². The molecule has 0 bridgehead atoms. The normalized spacial score (nSPS) is 10.9. The summed E-state index contributed by atoms with van der Waals surface area (Å²) >= 11 is 0. The van der Waals surface area contributed by atoms with Crippen molar-refractivity contribution in [2.75, 3.05) is 6.61 Å². The first-order valence-electron chi connectivity index (χ1n) is 7.24. The first kappa shape index (κ1) is 14.3. The molecule has 4 nitrogen and oxygen atoms in total. The highest BCUT2D eigenvalue weighted by Crippen LogP contribution is 2.27. The Kier molecular flexibility index (Phi) is 3.67. The first-order valence-corrected chi connectivity index (χ1v) is 7.24. The van der Waals surface area contributed by atoms with Gasteiger partial charge in [0.15, 0.2) is 0 Å². The molecule has 0 spiro atoms. The molecule has 0 unspecified atom stereocenters. The van der Waals surface area contributed by atoms with Gasteiger partial charge in [0, 0.05) is 12.3 Å². The van der Waals surface area contributed by atoms with Gasteiger partial charge in [-0.2, -0.15) is 0 Å². The molecule has 112 valence electrons. The number of aryl methyl sites for hydroxylation is 2. The second-order valence-electron chi connectivity index (χ2n) is 5.12. The summed E-state index contributed by atoms with van der Waals surface area (Å²) in [5.41, 5.74) is 2.47. The highest BCUT2D eigenvalue weighted by molar-refractivity contribution is 5.86. The van der Waals surface area contributed by atoms with E-state index in [0.717, 1.165) is 5.56 Å². The number of nitrogens with zero attached hydrogens (tertiary/aromatic N) is 1. The monoisotopic (exact) mass is 295 g/mol. The number of ether oxygens (including phenoxy) is 1. The van der Waals surface area contributed by atoms with Crippen LogP contribution in [-0.2, 0) is 0 Å². The van der Waals surface area contributed by atoms with Crippen molar-refractivity contribution in [3.63, 3.8) is 0 Å². The minimum absolute atomic E-state index is 0.0574. The van der Waals surface area contributed by atoms with Crippen molar-refractivity contribution in [1.82, 2.24) is 4.98 Å². The van der Waals surface area contributed by atoms with Crippen LogP contribution in [-0.4, -0.2) is 11.6 Å². The SMILES string of the molecule is CCOc1cc(C)c2c(=O)c(-c3ccccn3)c(C)oc2c1. The van der Waals surface area contributed by atoms with Crippen molar-refractivity contribution >= 4 is 11.0 Å². The zero-order chi connectivity index (χ0) is 15.7. The van der Waals surface area contributed by atoms with Crippen molar-refractivity contribution in [1.29, 1.82) is 0 Å². The third kappa shape index (κ3) is 2.37. The molecular weight excluding hydrogens is 278 g/mol. The Hall–Kier alpha value is -2.62. The minimum Gasteiger partial charge on any atom is -0.494 e. The molecule has 22 heavy (non-hydrogen) atoms. The summed E-state index contributed by atoms with van der Waals surface area (Å²) in [4.78, 5) is 17.2. The molecule has 3 rings (SSSR count). The van der Waals surface area contributed by atoms with Crippen LogP contribution in [0.15, 0.2) is 45.7 Å². The van der Waals surface area contributed by atoms with Gasteiger partial charge in [-0.3, -0.25) is 9.78 Å². The molecule has 0 N–H and O–H groups in total. The summed E-state index contributed by atoms with van der Waals surface area (Å²) < 4.78 is 11.4. The summed E-state index contributed by atoms with van der Waals surface area (Å²) in [7, 11) is 0. The molecule has 0 saturated carbocycles. The summed E-state index contributed by atoms with van der Waals surface area (Å²) in [5.74, 6) is 1.27. The van der Waals surface area contributed by atoms with E-state index in [2.05, 4.69) is 4.98 Å². The molecule has 0 saturated heterocycles. The van der Waals surface area contributed by atoms with E-state index in [9.17, 15) is 4.79 Å². The fraction of sp³-hybridized carbons (Fsp3) is 0.222. The maximum absolute atomic E-state index is 12.9. The summed E-state index contributed by atoms with van der Waals surface area (Å²) in [5, 5.41) is 0.578. The van der Waals surface area contributed by atoms with E-state index >= 15 is 0 Å². The van der Waals surface area contributed by atoms with Gasteiger partial charge in [0.1, 0.15) is 17.1 Å². The molecule has 0 aliphatic rings. The second kappa shape index (κ2) is 5.64. The molecule has 4 heteroatoms. The number of hydrogen-bond donors (Lipinski definition) is 0. The number of fused-ring (bicyclic) bond motifs is 1. The Balaban J connectivity index is 2.32. The Bertz CT molecular complexity index is 882. The molecule has 0 fully saturated rings. The summed E-state index contributed by atoms with van der Waals surface area (Å²) in [6, 6.07) is 9.12. The maximum Gasteiger partial charge on any atom is 0.202 e. The van der Waals surface area contributed by atoms with Crippen LogP contribution in [0.3, 0.4) is 0 Å². The lowest BCUT2D eigenvalue weighted by Gasteiger charge is -2.10. The molecule has 2 heterocycles. The van der Waals surface area contributed by atoms with Crippen LogP contribution in [0.25, 0.3) is 22.2 Å². The van der Waals surface area contributed by atoms with E-state index in [1.165, 1.54) is 0 Å².